The summed E-state index contributed by atoms with van der Waals surface area (Å²) in [6, 6.07) is -0.961. The van der Waals surface area contributed by atoms with E-state index in [1.807, 2.05) is 0 Å². The minimum absolute atomic E-state index is 0.246. The third kappa shape index (κ3) is 32.5. The van der Waals surface area contributed by atoms with E-state index in [-0.39, 0.29) is 5.91 Å². The first-order valence-electron chi connectivity index (χ1n) is 18.7. The molecular weight excluding hydrogens is 558 g/mol. The number of hydrogen-bond acceptors (Lipinski definition) is 4. The van der Waals surface area contributed by atoms with Gasteiger partial charge < -0.3 is 10.4 Å². The summed E-state index contributed by atoms with van der Waals surface area (Å²) in [5, 5.41) is 13.3. The number of rotatable bonds is 34. The molecule has 0 aliphatic rings. The zero-order valence-electron chi connectivity index (χ0n) is 28.6. The summed E-state index contributed by atoms with van der Waals surface area (Å²) in [6.45, 7) is 4.49. The lowest BCUT2D eigenvalue weighted by Gasteiger charge is -2.23. The van der Waals surface area contributed by atoms with E-state index < -0.39 is 28.0 Å². The molecule has 0 aromatic rings. The summed E-state index contributed by atoms with van der Waals surface area (Å²) in [7, 11) is -4.29. The van der Waals surface area contributed by atoms with Gasteiger partial charge in [0.05, 0.1) is 17.9 Å². The highest BCUT2D eigenvalue weighted by atomic mass is 32.2. The Morgan fingerprint density at radius 2 is 0.837 bits per heavy atom. The van der Waals surface area contributed by atoms with Crippen molar-refractivity contribution in [1.29, 1.82) is 0 Å². The summed E-state index contributed by atoms with van der Waals surface area (Å²) in [4.78, 5) is 12.4. The Morgan fingerprint density at radius 1 is 0.535 bits per heavy atom. The van der Waals surface area contributed by atoms with Crippen LogP contribution < -0.4 is 5.32 Å². The topological polar surface area (TPSA) is 104 Å². The number of unbranched alkanes of at least 4 members (excludes halogenated alkanes) is 26. The summed E-state index contributed by atoms with van der Waals surface area (Å²) < 4.78 is 32.3. The van der Waals surface area contributed by atoms with Crippen molar-refractivity contribution in [3.05, 3.63) is 0 Å². The summed E-state index contributed by atoms with van der Waals surface area (Å²) >= 11 is 0. The van der Waals surface area contributed by atoms with Gasteiger partial charge in [0, 0.05) is 6.42 Å². The van der Waals surface area contributed by atoms with Crippen LogP contribution >= 0.6 is 0 Å². The molecule has 0 aliphatic heterocycles. The maximum absolute atomic E-state index is 12.4. The number of nitrogens with one attached hydrogen (secondary N) is 1. The molecule has 0 radical (unpaired) electrons. The van der Waals surface area contributed by atoms with Gasteiger partial charge in [0.25, 0.3) is 10.1 Å². The van der Waals surface area contributed by atoms with Crippen molar-refractivity contribution >= 4 is 16.0 Å². The van der Waals surface area contributed by atoms with Crippen LogP contribution in [0.1, 0.15) is 206 Å². The number of aliphatic hydroxyl groups excluding tert-OH is 1. The van der Waals surface area contributed by atoms with Crippen LogP contribution in [0.25, 0.3) is 0 Å². The predicted molar refractivity (Wildman–Crippen MR) is 184 cm³/mol. The molecule has 0 saturated carbocycles. The fourth-order valence-electron chi connectivity index (χ4n) is 5.98. The van der Waals surface area contributed by atoms with E-state index in [0.717, 1.165) is 38.5 Å². The molecule has 0 saturated heterocycles. The number of amides is 1. The number of aliphatic hydroxyl groups is 1. The lowest BCUT2D eigenvalue weighted by Crippen LogP contribution is -2.47. The summed E-state index contributed by atoms with van der Waals surface area (Å²) in [5.41, 5.74) is 0. The van der Waals surface area contributed by atoms with Crippen molar-refractivity contribution < 1.29 is 22.9 Å². The molecule has 7 heteroatoms. The van der Waals surface area contributed by atoms with Gasteiger partial charge in [-0.05, 0) is 12.8 Å². The normalized spacial score (nSPS) is 13.3. The molecule has 0 bridgehead atoms. The van der Waals surface area contributed by atoms with Crippen molar-refractivity contribution in [1.82, 2.24) is 5.32 Å². The first kappa shape index (κ1) is 42.3. The molecule has 6 nitrogen and oxygen atoms in total. The second-order valence-corrected chi connectivity index (χ2v) is 14.7. The Morgan fingerprint density at radius 3 is 1.16 bits per heavy atom. The summed E-state index contributed by atoms with van der Waals surface area (Å²) in [5.74, 6) is -0.889. The molecule has 0 spiro atoms. The van der Waals surface area contributed by atoms with Gasteiger partial charge in [-0.2, -0.15) is 8.42 Å². The van der Waals surface area contributed by atoms with Gasteiger partial charge in [-0.1, -0.05) is 187 Å². The third-order valence-corrected chi connectivity index (χ3v) is 9.59. The van der Waals surface area contributed by atoms with Crippen LogP contribution in [-0.2, 0) is 14.9 Å². The fourth-order valence-corrected chi connectivity index (χ4v) is 6.74. The van der Waals surface area contributed by atoms with Crippen LogP contribution in [0.15, 0.2) is 0 Å². The Kier molecular flexibility index (Phi) is 30.8. The fraction of sp³-hybridized carbons (Fsp3) is 0.972. The minimum Gasteiger partial charge on any atom is -0.391 e. The maximum Gasteiger partial charge on any atom is 0.266 e. The lowest BCUT2D eigenvalue weighted by atomic mass is 10.0. The molecular formula is C36H73NO5S. The molecule has 0 rings (SSSR count). The molecule has 2 unspecified atom stereocenters. The second kappa shape index (κ2) is 31.3. The highest BCUT2D eigenvalue weighted by Gasteiger charge is 2.26. The highest BCUT2D eigenvalue weighted by molar-refractivity contribution is 7.85. The highest BCUT2D eigenvalue weighted by Crippen LogP contribution is 2.16. The van der Waals surface area contributed by atoms with Crippen LogP contribution in [0.4, 0.5) is 0 Å². The van der Waals surface area contributed by atoms with Crippen LogP contribution in [0.3, 0.4) is 0 Å². The average Bonchev–Trinajstić information content (AvgIpc) is 2.96. The van der Waals surface area contributed by atoms with Crippen LogP contribution in [0.5, 0.6) is 0 Å². The Bertz CT molecular complexity index is 700. The zero-order valence-corrected chi connectivity index (χ0v) is 29.4. The van der Waals surface area contributed by atoms with Gasteiger partial charge in [0.2, 0.25) is 5.91 Å². The first-order valence-corrected chi connectivity index (χ1v) is 20.3. The molecule has 0 fully saturated rings. The van der Waals surface area contributed by atoms with E-state index in [0.29, 0.717) is 12.8 Å². The van der Waals surface area contributed by atoms with Gasteiger partial charge in [-0.15, -0.1) is 0 Å². The Balaban J connectivity index is 3.80. The molecule has 258 valence electrons. The molecule has 2 atom stereocenters. The van der Waals surface area contributed by atoms with Crippen molar-refractivity contribution in [2.24, 2.45) is 0 Å². The predicted octanol–water partition coefficient (Wildman–Crippen LogP) is 10.5. The first-order chi connectivity index (χ1) is 20.8. The molecule has 0 aromatic carbocycles. The summed E-state index contributed by atoms with van der Waals surface area (Å²) in [6.07, 6.45) is 34.9. The second-order valence-electron chi connectivity index (χ2n) is 13.2. The molecule has 1 amide bonds. The largest absolute Gasteiger partial charge is 0.391 e. The van der Waals surface area contributed by atoms with E-state index in [1.54, 1.807) is 0 Å². The molecule has 0 aliphatic carbocycles. The maximum atomic E-state index is 12.4. The monoisotopic (exact) mass is 632 g/mol. The number of carbonyl (C=O) groups excluding carboxylic acids is 1. The molecule has 0 aromatic heterocycles. The average molecular weight is 632 g/mol. The smallest absolute Gasteiger partial charge is 0.266 e. The van der Waals surface area contributed by atoms with Gasteiger partial charge in [0.1, 0.15) is 0 Å². The van der Waals surface area contributed by atoms with E-state index in [4.69, 9.17) is 0 Å². The van der Waals surface area contributed by atoms with Crippen LogP contribution in [-0.4, -0.2) is 41.9 Å². The lowest BCUT2D eigenvalue weighted by molar-refractivity contribution is -0.122. The van der Waals surface area contributed by atoms with E-state index >= 15 is 0 Å². The van der Waals surface area contributed by atoms with E-state index in [2.05, 4.69) is 19.2 Å². The Hall–Kier alpha value is -0.660. The van der Waals surface area contributed by atoms with Crippen molar-refractivity contribution in [2.45, 2.75) is 219 Å². The molecule has 43 heavy (non-hydrogen) atoms. The van der Waals surface area contributed by atoms with Gasteiger partial charge >= 0.3 is 0 Å². The Labute approximate surface area is 268 Å². The van der Waals surface area contributed by atoms with Crippen LogP contribution in [0, 0.1) is 0 Å². The number of hydrogen-bond donors (Lipinski definition) is 3. The van der Waals surface area contributed by atoms with Gasteiger partial charge in [-0.3, -0.25) is 9.35 Å². The zero-order chi connectivity index (χ0) is 31.9. The number of carbonyl (C=O) groups is 1. The van der Waals surface area contributed by atoms with E-state index in [1.165, 1.54) is 141 Å². The van der Waals surface area contributed by atoms with Crippen LogP contribution in [0.2, 0.25) is 0 Å². The van der Waals surface area contributed by atoms with Crippen molar-refractivity contribution in [2.75, 3.05) is 5.75 Å². The quantitative estimate of drug-likeness (QED) is 0.0484. The molecule has 0 heterocycles. The van der Waals surface area contributed by atoms with E-state index in [9.17, 15) is 22.9 Å². The SMILES string of the molecule is CCCCCCCCCCCCCCCCCCCCCC(O)C(CS(=O)(=O)O)NC(=O)CCCCCCCCCCC. The third-order valence-electron chi connectivity index (χ3n) is 8.81. The van der Waals surface area contributed by atoms with Gasteiger partial charge in [0.15, 0.2) is 0 Å². The van der Waals surface area contributed by atoms with Crippen molar-refractivity contribution in [3.8, 4) is 0 Å². The standard InChI is InChI=1S/C36H73NO5S/c1-3-5-7-9-11-13-14-15-16-17-18-19-20-21-22-24-25-27-29-31-35(38)34(33-43(40,41)42)37-36(39)32-30-28-26-23-12-10-8-6-4-2/h34-35,38H,3-33H2,1-2H3,(H,37,39)(H,40,41,42). The molecule has 3 N–H and O–H groups in total. The minimum atomic E-state index is -4.29. The van der Waals surface area contributed by atoms with Gasteiger partial charge in [-0.25, -0.2) is 0 Å². The van der Waals surface area contributed by atoms with Crippen molar-refractivity contribution in [3.63, 3.8) is 0 Å².